The van der Waals surface area contributed by atoms with Gasteiger partial charge in [-0.2, -0.15) is 0 Å². The van der Waals surface area contributed by atoms with E-state index in [9.17, 15) is 19.5 Å². The molecule has 226 valence electrons. The monoisotopic (exact) mass is 566 g/mol. The van der Waals surface area contributed by atoms with Crippen molar-refractivity contribution in [3.63, 3.8) is 0 Å². The van der Waals surface area contributed by atoms with Crippen molar-refractivity contribution >= 4 is 17.8 Å². The number of aliphatic hydroxyl groups excluding tert-OH is 1. The molecule has 3 unspecified atom stereocenters. The summed E-state index contributed by atoms with van der Waals surface area (Å²) >= 11 is 0. The smallest absolute Gasteiger partial charge is 0.309 e. The van der Waals surface area contributed by atoms with Gasteiger partial charge in [-0.3, -0.25) is 14.4 Å². The number of carbonyl (C=O) groups is 3. The Morgan fingerprint density at radius 1 is 0.976 bits per heavy atom. The Morgan fingerprint density at radius 3 is 2.27 bits per heavy atom. The van der Waals surface area contributed by atoms with Gasteiger partial charge in [0.15, 0.2) is 0 Å². The molecule has 0 aromatic heterocycles. The number of benzene rings is 1. The normalized spacial score (nSPS) is 19.0. The van der Waals surface area contributed by atoms with Gasteiger partial charge in [0.05, 0.1) is 30.0 Å². The van der Waals surface area contributed by atoms with Crippen molar-refractivity contribution in [3.05, 3.63) is 61.2 Å². The van der Waals surface area contributed by atoms with Gasteiger partial charge in [-0.25, -0.2) is 0 Å². The highest BCUT2D eigenvalue weighted by Crippen LogP contribution is 2.30. The zero-order chi connectivity index (χ0) is 29.5. The van der Waals surface area contributed by atoms with E-state index >= 15 is 0 Å². The van der Waals surface area contributed by atoms with E-state index in [-0.39, 0.29) is 49.4 Å². The Morgan fingerprint density at radius 2 is 1.63 bits per heavy atom. The number of aliphatic hydroxyl groups is 1. The zero-order valence-electron chi connectivity index (χ0n) is 24.7. The Bertz CT molecular complexity index is 982. The lowest BCUT2D eigenvalue weighted by atomic mass is 9.84. The SMILES string of the molecule is C=CCC(CC(=O)NC1(CO)CCCC1)C(=O)NC(COC(=O)C(CC=C)Cc1ccccc1)CC1CCCCC1. The summed E-state index contributed by atoms with van der Waals surface area (Å²) in [7, 11) is 0. The highest BCUT2D eigenvalue weighted by atomic mass is 16.5. The van der Waals surface area contributed by atoms with Crippen LogP contribution in [0, 0.1) is 17.8 Å². The first-order valence-corrected chi connectivity index (χ1v) is 15.5. The van der Waals surface area contributed by atoms with Crippen molar-refractivity contribution in [1.82, 2.24) is 10.6 Å². The van der Waals surface area contributed by atoms with Gasteiger partial charge in [0.2, 0.25) is 11.8 Å². The molecule has 0 heterocycles. The quantitative estimate of drug-likeness (QED) is 0.172. The topological polar surface area (TPSA) is 105 Å². The number of rotatable bonds is 17. The van der Waals surface area contributed by atoms with Gasteiger partial charge < -0.3 is 20.5 Å². The van der Waals surface area contributed by atoms with Crippen LogP contribution in [0.1, 0.15) is 89.0 Å². The average Bonchev–Trinajstić information content (AvgIpc) is 3.45. The number of nitrogens with one attached hydrogen (secondary N) is 2. The van der Waals surface area contributed by atoms with Crippen molar-refractivity contribution < 1.29 is 24.2 Å². The molecule has 1 aromatic carbocycles. The van der Waals surface area contributed by atoms with Gasteiger partial charge in [-0.1, -0.05) is 87.4 Å². The Kier molecular flexibility index (Phi) is 13.6. The molecule has 2 aliphatic carbocycles. The number of carbonyl (C=O) groups excluding carboxylic acids is 3. The maximum Gasteiger partial charge on any atom is 0.309 e. The van der Waals surface area contributed by atoms with Crippen LogP contribution in [-0.2, 0) is 25.5 Å². The predicted molar refractivity (Wildman–Crippen MR) is 162 cm³/mol. The minimum Gasteiger partial charge on any atom is -0.463 e. The van der Waals surface area contributed by atoms with E-state index < -0.39 is 11.5 Å². The molecule has 0 saturated heterocycles. The maximum absolute atomic E-state index is 13.5. The van der Waals surface area contributed by atoms with Gasteiger partial charge in [0, 0.05) is 6.42 Å². The molecule has 3 atom stereocenters. The molecule has 0 bridgehead atoms. The first-order chi connectivity index (χ1) is 19.9. The lowest BCUT2D eigenvalue weighted by molar-refractivity contribution is -0.150. The molecule has 0 radical (unpaired) electrons. The van der Waals surface area contributed by atoms with Gasteiger partial charge in [-0.15, -0.1) is 13.2 Å². The van der Waals surface area contributed by atoms with Gasteiger partial charge in [0.25, 0.3) is 0 Å². The van der Waals surface area contributed by atoms with E-state index in [1.807, 2.05) is 30.3 Å². The van der Waals surface area contributed by atoms with Crippen LogP contribution in [0.3, 0.4) is 0 Å². The highest BCUT2D eigenvalue weighted by molar-refractivity contribution is 5.86. The van der Waals surface area contributed by atoms with Crippen LogP contribution in [0.5, 0.6) is 0 Å². The minimum absolute atomic E-state index is 0.0218. The van der Waals surface area contributed by atoms with Crippen molar-refractivity contribution in [2.45, 2.75) is 101 Å². The van der Waals surface area contributed by atoms with E-state index in [1.54, 1.807) is 12.2 Å². The van der Waals surface area contributed by atoms with E-state index in [4.69, 9.17) is 4.74 Å². The summed E-state index contributed by atoms with van der Waals surface area (Å²) in [5.74, 6) is -1.20. The molecule has 0 spiro atoms. The number of esters is 1. The Labute approximate surface area is 246 Å². The molecular formula is C34H50N2O5. The first-order valence-electron chi connectivity index (χ1n) is 15.5. The third-order valence-electron chi connectivity index (χ3n) is 8.75. The van der Waals surface area contributed by atoms with Crippen molar-refractivity contribution in [1.29, 1.82) is 0 Å². The molecule has 2 aliphatic rings. The Hall–Kier alpha value is -2.93. The molecule has 7 heteroatoms. The van der Waals surface area contributed by atoms with Crippen LogP contribution in [0.2, 0.25) is 0 Å². The number of hydrogen-bond acceptors (Lipinski definition) is 5. The summed E-state index contributed by atoms with van der Waals surface area (Å²) in [6, 6.07) is 9.54. The molecular weight excluding hydrogens is 516 g/mol. The summed E-state index contributed by atoms with van der Waals surface area (Å²) < 4.78 is 5.84. The summed E-state index contributed by atoms with van der Waals surface area (Å²) in [4.78, 5) is 39.6. The molecule has 3 N–H and O–H groups in total. The molecule has 2 fully saturated rings. The number of hydrogen-bond donors (Lipinski definition) is 3. The number of ether oxygens (including phenoxy) is 1. The second kappa shape index (κ2) is 17.1. The van der Waals surface area contributed by atoms with Crippen LogP contribution in [-0.4, -0.2) is 47.7 Å². The van der Waals surface area contributed by atoms with Gasteiger partial charge in [-0.05, 0) is 50.0 Å². The first kappa shape index (κ1) is 32.6. The van der Waals surface area contributed by atoms with E-state index in [0.29, 0.717) is 25.2 Å². The van der Waals surface area contributed by atoms with Crippen LogP contribution >= 0.6 is 0 Å². The lowest BCUT2D eigenvalue weighted by Gasteiger charge is -2.30. The van der Waals surface area contributed by atoms with Crippen LogP contribution in [0.15, 0.2) is 55.6 Å². The minimum atomic E-state index is -0.583. The maximum atomic E-state index is 13.5. The van der Waals surface area contributed by atoms with Crippen LogP contribution < -0.4 is 10.6 Å². The highest BCUT2D eigenvalue weighted by Gasteiger charge is 2.36. The number of allylic oxidation sites excluding steroid dienone is 2. The van der Waals surface area contributed by atoms with Crippen LogP contribution in [0.4, 0.5) is 0 Å². The molecule has 41 heavy (non-hydrogen) atoms. The summed E-state index contributed by atoms with van der Waals surface area (Å²) in [5.41, 5.74) is 0.487. The second-order valence-corrected chi connectivity index (χ2v) is 12.1. The largest absolute Gasteiger partial charge is 0.463 e. The fourth-order valence-corrected chi connectivity index (χ4v) is 6.41. The van der Waals surface area contributed by atoms with E-state index in [1.165, 1.54) is 19.3 Å². The summed E-state index contributed by atoms with van der Waals surface area (Å²) in [6.45, 7) is 7.62. The average molecular weight is 567 g/mol. The fourth-order valence-electron chi connectivity index (χ4n) is 6.41. The molecule has 2 saturated carbocycles. The molecule has 2 amide bonds. The zero-order valence-corrected chi connectivity index (χ0v) is 24.7. The van der Waals surface area contributed by atoms with E-state index in [0.717, 1.165) is 50.5 Å². The van der Waals surface area contributed by atoms with Crippen LogP contribution in [0.25, 0.3) is 0 Å². The van der Waals surface area contributed by atoms with E-state index in [2.05, 4.69) is 23.8 Å². The fraction of sp³-hybridized carbons (Fsp3) is 0.618. The standard InChI is InChI=1S/C34H50N2O5/c1-3-13-28(23-31(38)36-34(25-37)19-11-12-20-34)32(39)35-30(22-27-17-9-6-10-18-27)24-41-33(40)29(14-4-2)21-26-15-7-5-8-16-26/h3-5,7-8,15-16,27-30,37H,1-2,6,9-14,17-25H2,(H,35,39)(H,36,38). The summed E-state index contributed by atoms with van der Waals surface area (Å²) in [5, 5.41) is 16.0. The third kappa shape index (κ3) is 10.8. The number of amides is 2. The Balaban J connectivity index is 1.64. The molecule has 0 aliphatic heterocycles. The van der Waals surface area contributed by atoms with Crippen molar-refractivity contribution in [2.24, 2.45) is 17.8 Å². The third-order valence-corrected chi connectivity index (χ3v) is 8.75. The van der Waals surface area contributed by atoms with Gasteiger partial charge in [0.1, 0.15) is 6.61 Å². The van der Waals surface area contributed by atoms with Gasteiger partial charge >= 0.3 is 5.97 Å². The second-order valence-electron chi connectivity index (χ2n) is 12.1. The van der Waals surface area contributed by atoms with Crippen molar-refractivity contribution in [2.75, 3.05) is 13.2 Å². The summed E-state index contributed by atoms with van der Waals surface area (Å²) in [6.07, 6.45) is 14.8. The molecule has 3 rings (SSSR count). The molecule has 1 aromatic rings. The lowest BCUT2D eigenvalue weighted by Crippen LogP contribution is -2.50. The van der Waals surface area contributed by atoms with Crippen molar-refractivity contribution in [3.8, 4) is 0 Å². The predicted octanol–water partition coefficient (Wildman–Crippen LogP) is 5.42. The molecule has 7 nitrogen and oxygen atoms in total.